The molecule has 5 nitrogen and oxygen atoms in total. The number of hydrogen-bond acceptors (Lipinski definition) is 4. The normalized spacial score (nSPS) is 16.4. The molecule has 0 aliphatic heterocycles. The van der Waals surface area contributed by atoms with Gasteiger partial charge in [0.25, 0.3) is 0 Å². The molecule has 0 unspecified atom stereocenters. The van der Waals surface area contributed by atoms with Gasteiger partial charge in [0.05, 0.1) is 0 Å². The zero-order valence-electron chi connectivity index (χ0n) is 11.6. The largest absolute Gasteiger partial charge is 0.373 e. The monoisotopic (exact) mass is 272 g/mol. The van der Waals surface area contributed by atoms with Crippen LogP contribution >= 0.6 is 0 Å². The van der Waals surface area contributed by atoms with E-state index in [-0.39, 0.29) is 0 Å². The van der Waals surface area contributed by atoms with E-state index in [1.54, 1.807) is 12.4 Å². The Morgan fingerprint density at radius 3 is 2.95 bits per heavy atom. The van der Waals surface area contributed by atoms with Crippen molar-refractivity contribution in [2.75, 3.05) is 6.61 Å². The Bertz CT molecular complexity index is 520. The number of H-pyrrole nitrogens is 1. The molecule has 20 heavy (non-hydrogen) atoms. The Labute approximate surface area is 118 Å². The molecule has 0 aromatic carbocycles. The molecule has 2 aromatic heterocycles. The third kappa shape index (κ3) is 3.42. The van der Waals surface area contributed by atoms with Crippen molar-refractivity contribution in [2.45, 2.75) is 38.7 Å². The van der Waals surface area contributed by atoms with E-state index in [0.29, 0.717) is 12.4 Å². The highest BCUT2D eigenvalue weighted by Gasteiger charge is 2.14. The predicted octanol–water partition coefficient (Wildman–Crippen LogP) is 2.96. The fourth-order valence-electron chi connectivity index (χ4n) is 2.66. The lowest BCUT2D eigenvalue weighted by Crippen LogP contribution is -2.13. The summed E-state index contributed by atoms with van der Waals surface area (Å²) in [5, 5.41) is 7.12. The van der Waals surface area contributed by atoms with Crippen molar-refractivity contribution in [2.24, 2.45) is 5.92 Å². The van der Waals surface area contributed by atoms with Crippen LogP contribution in [-0.4, -0.2) is 26.8 Å². The maximum Gasteiger partial charge on any atom is 0.182 e. The minimum atomic E-state index is 0.504. The van der Waals surface area contributed by atoms with E-state index in [2.05, 4.69) is 20.2 Å². The van der Waals surface area contributed by atoms with Gasteiger partial charge < -0.3 is 4.74 Å². The molecule has 0 spiro atoms. The minimum Gasteiger partial charge on any atom is -0.373 e. The van der Waals surface area contributed by atoms with E-state index in [1.165, 1.54) is 32.1 Å². The van der Waals surface area contributed by atoms with E-state index < -0.39 is 0 Å². The lowest BCUT2D eigenvalue weighted by molar-refractivity contribution is 0.0701. The smallest absolute Gasteiger partial charge is 0.182 e. The Morgan fingerprint density at radius 1 is 1.25 bits per heavy atom. The third-order valence-electron chi connectivity index (χ3n) is 3.77. The van der Waals surface area contributed by atoms with Crippen molar-refractivity contribution < 1.29 is 4.74 Å². The number of nitrogens with one attached hydrogen (secondary N) is 1. The Hall–Kier alpha value is -1.75. The van der Waals surface area contributed by atoms with Crippen molar-refractivity contribution in [3.05, 3.63) is 30.4 Å². The molecule has 0 saturated heterocycles. The molecule has 0 atom stereocenters. The molecule has 1 saturated carbocycles. The van der Waals surface area contributed by atoms with Gasteiger partial charge in [0.2, 0.25) is 0 Å². The van der Waals surface area contributed by atoms with Gasteiger partial charge in [-0.1, -0.05) is 19.3 Å². The molecule has 0 radical (unpaired) electrons. The van der Waals surface area contributed by atoms with Crippen LogP contribution < -0.4 is 0 Å². The van der Waals surface area contributed by atoms with Gasteiger partial charge in [0.15, 0.2) is 11.6 Å². The first-order valence-corrected chi connectivity index (χ1v) is 7.31. The summed E-state index contributed by atoms with van der Waals surface area (Å²) in [5.74, 6) is 2.18. The van der Waals surface area contributed by atoms with Crippen LogP contribution in [0.5, 0.6) is 0 Å². The summed E-state index contributed by atoms with van der Waals surface area (Å²) in [6.07, 6.45) is 10.2. The summed E-state index contributed by atoms with van der Waals surface area (Å²) in [4.78, 5) is 8.50. The highest BCUT2D eigenvalue weighted by molar-refractivity contribution is 5.52. The predicted molar refractivity (Wildman–Crippen MR) is 75.8 cm³/mol. The molecule has 106 valence electrons. The van der Waals surface area contributed by atoms with Crippen molar-refractivity contribution >= 4 is 0 Å². The van der Waals surface area contributed by atoms with E-state index in [4.69, 9.17) is 4.74 Å². The highest BCUT2D eigenvalue weighted by Crippen LogP contribution is 2.23. The second-order valence-corrected chi connectivity index (χ2v) is 5.37. The molecule has 2 aromatic rings. The quantitative estimate of drug-likeness (QED) is 0.909. The maximum absolute atomic E-state index is 5.76. The first kappa shape index (κ1) is 13.2. The average molecular weight is 272 g/mol. The SMILES string of the molecule is c1cncc(-c2n[nH]c(COCC3CCCCC3)n2)c1. The zero-order valence-corrected chi connectivity index (χ0v) is 11.6. The van der Waals surface area contributed by atoms with Crippen LogP contribution in [0.1, 0.15) is 37.9 Å². The number of nitrogens with zero attached hydrogens (tertiary/aromatic N) is 3. The summed E-state index contributed by atoms with van der Waals surface area (Å²) in [5.41, 5.74) is 0.919. The molecule has 1 N–H and O–H groups in total. The standard InChI is InChI=1S/C15H20N4O/c1-2-5-12(6-3-1)10-20-11-14-17-15(19-18-14)13-7-4-8-16-9-13/h4,7-9,12H,1-3,5-6,10-11H2,(H,17,18,19). The summed E-state index contributed by atoms with van der Waals surface area (Å²) in [7, 11) is 0. The molecule has 2 heterocycles. The van der Waals surface area contributed by atoms with Gasteiger partial charge in [-0.2, -0.15) is 5.10 Å². The van der Waals surface area contributed by atoms with Gasteiger partial charge in [-0.3, -0.25) is 10.1 Å². The van der Waals surface area contributed by atoms with E-state index in [9.17, 15) is 0 Å². The van der Waals surface area contributed by atoms with Crippen LogP contribution in [0.2, 0.25) is 0 Å². The Morgan fingerprint density at radius 2 is 2.15 bits per heavy atom. The first-order chi connectivity index (χ1) is 9.92. The van der Waals surface area contributed by atoms with Gasteiger partial charge in [0.1, 0.15) is 6.61 Å². The zero-order chi connectivity index (χ0) is 13.6. The summed E-state index contributed by atoms with van der Waals surface area (Å²) >= 11 is 0. The van der Waals surface area contributed by atoms with Gasteiger partial charge in [-0.15, -0.1) is 0 Å². The number of aromatic nitrogens is 4. The van der Waals surface area contributed by atoms with Gasteiger partial charge in [-0.05, 0) is 30.9 Å². The summed E-state index contributed by atoms with van der Waals surface area (Å²) in [6, 6.07) is 3.83. The molecule has 0 bridgehead atoms. The van der Waals surface area contributed by atoms with Gasteiger partial charge in [-0.25, -0.2) is 4.98 Å². The summed E-state index contributed by atoms with van der Waals surface area (Å²) in [6.45, 7) is 1.34. The van der Waals surface area contributed by atoms with Crippen molar-refractivity contribution in [3.63, 3.8) is 0 Å². The lowest BCUT2D eigenvalue weighted by Gasteiger charge is -2.20. The van der Waals surface area contributed by atoms with Gasteiger partial charge >= 0.3 is 0 Å². The number of ether oxygens (including phenoxy) is 1. The fourth-order valence-corrected chi connectivity index (χ4v) is 2.66. The number of pyridine rings is 1. The number of rotatable bonds is 5. The molecule has 5 heteroatoms. The van der Waals surface area contributed by atoms with Crippen LogP contribution in [0.25, 0.3) is 11.4 Å². The third-order valence-corrected chi connectivity index (χ3v) is 3.77. The average Bonchev–Trinajstić information content (AvgIpc) is 2.98. The van der Waals surface area contributed by atoms with Crippen LogP contribution in [0.3, 0.4) is 0 Å². The van der Waals surface area contributed by atoms with E-state index in [0.717, 1.165) is 23.9 Å². The van der Waals surface area contributed by atoms with E-state index >= 15 is 0 Å². The van der Waals surface area contributed by atoms with Crippen LogP contribution in [0.4, 0.5) is 0 Å². The second kappa shape index (κ2) is 6.61. The molecule has 3 rings (SSSR count). The van der Waals surface area contributed by atoms with Crippen molar-refractivity contribution in [1.29, 1.82) is 0 Å². The van der Waals surface area contributed by atoms with Crippen molar-refractivity contribution in [3.8, 4) is 11.4 Å². The molecule has 1 aliphatic carbocycles. The molecule has 0 amide bonds. The maximum atomic E-state index is 5.76. The first-order valence-electron chi connectivity index (χ1n) is 7.31. The van der Waals surface area contributed by atoms with Crippen LogP contribution in [-0.2, 0) is 11.3 Å². The second-order valence-electron chi connectivity index (χ2n) is 5.37. The fraction of sp³-hybridized carbons (Fsp3) is 0.533. The number of hydrogen-bond donors (Lipinski definition) is 1. The number of aromatic amines is 1. The molecule has 1 fully saturated rings. The van der Waals surface area contributed by atoms with Crippen molar-refractivity contribution in [1.82, 2.24) is 20.2 Å². The van der Waals surface area contributed by atoms with Crippen LogP contribution in [0.15, 0.2) is 24.5 Å². The molecular weight excluding hydrogens is 252 g/mol. The summed E-state index contributed by atoms with van der Waals surface area (Å²) < 4.78 is 5.76. The van der Waals surface area contributed by atoms with E-state index in [1.807, 2.05) is 12.1 Å². The lowest BCUT2D eigenvalue weighted by atomic mass is 9.90. The van der Waals surface area contributed by atoms with Gasteiger partial charge in [0, 0.05) is 24.6 Å². The topological polar surface area (TPSA) is 63.7 Å². The molecule has 1 aliphatic rings. The highest BCUT2D eigenvalue weighted by atomic mass is 16.5. The molecular formula is C15H20N4O. The van der Waals surface area contributed by atoms with Crippen LogP contribution in [0, 0.1) is 5.92 Å². The minimum absolute atomic E-state index is 0.504. The Kier molecular flexibility index (Phi) is 4.38. The Balaban J connectivity index is 1.50.